The van der Waals surface area contributed by atoms with Gasteiger partial charge in [-0.25, -0.2) is 0 Å². The number of carbonyl (C=O) groups excluding carboxylic acids is 1. The first-order valence-corrected chi connectivity index (χ1v) is 8.42. The maximum Gasteiger partial charge on any atom is 0.514 e. The molecule has 1 aliphatic rings. The van der Waals surface area contributed by atoms with E-state index in [0.717, 1.165) is 5.56 Å². The van der Waals surface area contributed by atoms with Gasteiger partial charge >= 0.3 is 7.12 Å². The Labute approximate surface area is 148 Å². The third-order valence-electron chi connectivity index (χ3n) is 4.77. The molecule has 0 spiro atoms. The standard InChI is InChI=1S/C19H23BN2O3/c1-18(2)19(3,4)25-20(24-18)16-13-15(10-11-21-16)22-17(23)12-14-8-6-5-7-9-14/h5-11,13H,12H2,1-4H3,(H,21,22,23). The highest BCUT2D eigenvalue weighted by Gasteiger charge is 2.52. The van der Waals surface area contributed by atoms with E-state index in [4.69, 9.17) is 9.31 Å². The molecule has 1 saturated heterocycles. The van der Waals surface area contributed by atoms with Crippen LogP contribution in [0, 0.1) is 0 Å². The average molecular weight is 338 g/mol. The Morgan fingerprint density at radius 2 is 1.72 bits per heavy atom. The molecule has 6 heteroatoms. The molecule has 130 valence electrons. The van der Waals surface area contributed by atoms with Gasteiger partial charge in [0.1, 0.15) is 0 Å². The lowest BCUT2D eigenvalue weighted by Crippen LogP contribution is -2.41. The number of amides is 1. The van der Waals surface area contributed by atoms with Gasteiger partial charge in [0, 0.05) is 11.9 Å². The van der Waals surface area contributed by atoms with Crippen LogP contribution in [0.25, 0.3) is 0 Å². The van der Waals surface area contributed by atoms with Crippen LogP contribution in [0.1, 0.15) is 33.3 Å². The molecule has 0 radical (unpaired) electrons. The highest BCUT2D eigenvalue weighted by Crippen LogP contribution is 2.36. The van der Waals surface area contributed by atoms with Gasteiger partial charge in [0.15, 0.2) is 0 Å². The minimum atomic E-state index is -0.545. The fourth-order valence-electron chi connectivity index (χ4n) is 2.61. The van der Waals surface area contributed by atoms with Gasteiger partial charge in [0.25, 0.3) is 0 Å². The molecule has 0 atom stereocenters. The number of carbonyl (C=O) groups is 1. The van der Waals surface area contributed by atoms with E-state index in [-0.39, 0.29) is 5.91 Å². The summed E-state index contributed by atoms with van der Waals surface area (Å²) in [7, 11) is -0.545. The Morgan fingerprint density at radius 1 is 1.08 bits per heavy atom. The third-order valence-corrected chi connectivity index (χ3v) is 4.77. The number of benzene rings is 1. The number of aromatic nitrogens is 1. The monoisotopic (exact) mass is 338 g/mol. The van der Waals surface area contributed by atoms with Crippen molar-refractivity contribution in [3.63, 3.8) is 0 Å². The molecule has 2 heterocycles. The number of hydrogen-bond acceptors (Lipinski definition) is 4. The van der Waals surface area contributed by atoms with Gasteiger partial charge < -0.3 is 14.6 Å². The highest BCUT2D eigenvalue weighted by molar-refractivity contribution is 6.61. The van der Waals surface area contributed by atoms with Gasteiger partial charge in [0.2, 0.25) is 5.91 Å². The predicted octanol–water partition coefficient (Wildman–Crippen LogP) is 2.56. The fraction of sp³-hybridized carbons (Fsp3) is 0.368. The first-order chi connectivity index (χ1) is 11.8. The lowest BCUT2D eigenvalue weighted by molar-refractivity contribution is -0.115. The quantitative estimate of drug-likeness (QED) is 0.871. The van der Waals surface area contributed by atoms with Crippen LogP contribution in [-0.4, -0.2) is 29.2 Å². The zero-order valence-electron chi connectivity index (χ0n) is 15.1. The van der Waals surface area contributed by atoms with Crippen LogP contribution in [0.4, 0.5) is 5.69 Å². The van der Waals surface area contributed by atoms with Crippen LogP contribution < -0.4 is 10.9 Å². The molecule has 1 aromatic carbocycles. The minimum Gasteiger partial charge on any atom is -0.398 e. The summed E-state index contributed by atoms with van der Waals surface area (Å²) < 4.78 is 12.0. The summed E-state index contributed by atoms with van der Waals surface area (Å²) in [6.45, 7) is 7.99. The van der Waals surface area contributed by atoms with Crippen LogP contribution in [-0.2, 0) is 20.5 Å². The molecule has 25 heavy (non-hydrogen) atoms. The second kappa shape index (κ2) is 6.62. The molecule has 3 rings (SSSR count). The SMILES string of the molecule is CC1(C)OB(c2cc(NC(=O)Cc3ccccc3)ccn2)OC1(C)C. The predicted molar refractivity (Wildman–Crippen MR) is 98.7 cm³/mol. The lowest BCUT2D eigenvalue weighted by Gasteiger charge is -2.32. The molecule has 1 aromatic heterocycles. The summed E-state index contributed by atoms with van der Waals surface area (Å²) in [5.41, 5.74) is 1.45. The molecule has 0 bridgehead atoms. The van der Waals surface area contributed by atoms with E-state index in [2.05, 4.69) is 10.3 Å². The molecule has 1 N–H and O–H groups in total. The second-order valence-electron chi connectivity index (χ2n) is 7.27. The Balaban J connectivity index is 1.69. The first kappa shape index (κ1) is 17.6. The molecule has 1 fully saturated rings. The van der Waals surface area contributed by atoms with Crippen molar-refractivity contribution in [3.05, 3.63) is 54.2 Å². The largest absolute Gasteiger partial charge is 0.514 e. The van der Waals surface area contributed by atoms with E-state index in [9.17, 15) is 4.79 Å². The highest BCUT2D eigenvalue weighted by atomic mass is 16.7. The van der Waals surface area contributed by atoms with Crippen molar-refractivity contribution in [2.75, 3.05) is 5.32 Å². The van der Waals surface area contributed by atoms with Crippen molar-refractivity contribution >= 4 is 24.3 Å². The average Bonchev–Trinajstić information content (AvgIpc) is 2.76. The van der Waals surface area contributed by atoms with E-state index in [0.29, 0.717) is 17.7 Å². The molecule has 0 aliphatic carbocycles. The Hall–Kier alpha value is -2.18. The minimum absolute atomic E-state index is 0.0720. The van der Waals surface area contributed by atoms with Crippen molar-refractivity contribution in [3.8, 4) is 0 Å². The summed E-state index contributed by atoms with van der Waals surface area (Å²) in [4.78, 5) is 16.6. The normalized spacial score (nSPS) is 18.2. The van der Waals surface area contributed by atoms with Gasteiger partial charge in [-0.1, -0.05) is 30.3 Å². The zero-order chi connectivity index (χ0) is 18.1. The second-order valence-corrected chi connectivity index (χ2v) is 7.27. The van der Waals surface area contributed by atoms with Crippen LogP contribution in [0.3, 0.4) is 0 Å². The third kappa shape index (κ3) is 3.91. The molecular weight excluding hydrogens is 315 g/mol. The fourth-order valence-corrected chi connectivity index (χ4v) is 2.61. The Morgan fingerprint density at radius 3 is 2.36 bits per heavy atom. The van der Waals surface area contributed by atoms with Crippen LogP contribution in [0.2, 0.25) is 0 Å². The molecule has 2 aromatic rings. The number of hydrogen-bond donors (Lipinski definition) is 1. The number of nitrogens with zero attached hydrogens (tertiary/aromatic N) is 1. The van der Waals surface area contributed by atoms with Gasteiger partial charge in [0.05, 0.1) is 23.2 Å². The van der Waals surface area contributed by atoms with Crippen molar-refractivity contribution in [2.24, 2.45) is 0 Å². The van der Waals surface area contributed by atoms with Gasteiger partial charge in [-0.15, -0.1) is 0 Å². The number of rotatable bonds is 4. The maximum atomic E-state index is 12.2. The lowest BCUT2D eigenvalue weighted by atomic mass is 9.84. The van der Waals surface area contributed by atoms with E-state index >= 15 is 0 Å². The van der Waals surface area contributed by atoms with Gasteiger partial charge in [-0.05, 0) is 45.4 Å². The molecule has 1 aliphatic heterocycles. The number of pyridine rings is 1. The summed E-state index contributed by atoms with van der Waals surface area (Å²) >= 11 is 0. The summed E-state index contributed by atoms with van der Waals surface area (Å²) in [6, 6.07) is 13.2. The van der Waals surface area contributed by atoms with Crippen molar-refractivity contribution in [1.29, 1.82) is 0 Å². The molecular formula is C19H23BN2O3. The topological polar surface area (TPSA) is 60.5 Å². The Kier molecular flexibility index (Phi) is 4.67. The summed E-state index contributed by atoms with van der Waals surface area (Å²) in [5.74, 6) is -0.0720. The van der Waals surface area contributed by atoms with E-state index < -0.39 is 18.3 Å². The number of anilines is 1. The molecule has 1 amide bonds. The molecule has 0 saturated carbocycles. The zero-order valence-corrected chi connectivity index (χ0v) is 15.1. The van der Waals surface area contributed by atoms with Crippen molar-refractivity contribution < 1.29 is 14.1 Å². The van der Waals surface area contributed by atoms with E-state index in [1.165, 1.54) is 0 Å². The van der Waals surface area contributed by atoms with Crippen LogP contribution in [0.15, 0.2) is 48.7 Å². The summed E-state index contributed by atoms with van der Waals surface area (Å²) in [5, 5.41) is 2.91. The van der Waals surface area contributed by atoms with Gasteiger partial charge in [-0.2, -0.15) is 0 Å². The van der Waals surface area contributed by atoms with Gasteiger partial charge in [-0.3, -0.25) is 9.78 Å². The maximum absolute atomic E-state index is 12.2. The van der Waals surface area contributed by atoms with Crippen LogP contribution >= 0.6 is 0 Å². The van der Waals surface area contributed by atoms with Crippen LogP contribution in [0.5, 0.6) is 0 Å². The smallest absolute Gasteiger partial charge is 0.398 e. The van der Waals surface area contributed by atoms with Crippen molar-refractivity contribution in [1.82, 2.24) is 4.98 Å². The van der Waals surface area contributed by atoms with E-state index in [1.807, 2.05) is 58.0 Å². The first-order valence-electron chi connectivity index (χ1n) is 8.42. The molecule has 0 unspecified atom stereocenters. The van der Waals surface area contributed by atoms with E-state index in [1.54, 1.807) is 18.3 Å². The number of nitrogens with one attached hydrogen (secondary N) is 1. The summed E-state index contributed by atoms with van der Waals surface area (Å²) in [6.07, 6.45) is 1.98. The van der Waals surface area contributed by atoms with Crippen molar-refractivity contribution in [2.45, 2.75) is 45.3 Å². The molecule has 5 nitrogen and oxygen atoms in total. The Bertz CT molecular complexity index is 746.